The van der Waals surface area contributed by atoms with Crippen molar-refractivity contribution in [3.63, 3.8) is 0 Å². The number of hydrogen-bond acceptors (Lipinski definition) is 2. The Morgan fingerprint density at radius 1 is 1.54 bits per heavy atom. The maximum Gasteiger partial charge on any atom is 0.0363 e. The summed E-state index contributed by atoms with van der Waals surface area (Å²) in [6.45, 7) is 3.52. The lowest BCUT2D eigenvalue weighted by Gasteiger charge is -2.18. The Bertz CT molecular complexity index is 271. The number of rotatable bonds is 1. The van der Waals surface area contributed by atoms with Crippen LogP contribution in [0.4, 0.5) is 0 Å². The van der Waals surface area contributed by atoms with E-state index >= 15 is 0 Å². The lowest BCUT2D eigenvalue weighted by atomic mass is 10.0. The number of aromatic nitrogens is 1. The van der Waals surface area contributed by atoms with Crippen molar-refractivity contribution in [2.45, 2.75) is 19.4 Å². The summed E-state index contributed by atoms with van der Waals surface area (Å²) in [7, 11) is 2.20. The summed E-state index contributed by atoms with van der Waals surface area (Å²) in [5.41, 5.74) is 1.36. The van der Waals surface area contributed by atoms with Gasteiger partial charge < -0.3 is 0 Å². The van der Waals surface area contributed by atoms with Crippen molar-refractivity contribution in [3.8, 4) is 0 Å². The molecule has 2 heteroatoms. The topological polar surface area (TPSA) is 16.1 Å². The van der Waals surface area contributed by atoms with E-state index in [1.807, 2.05) is 18.5 Å². The Balaban J connectivity index is 2.18. The van der Waals surface area contributed by atoms with Gasteiger partial charge in [0.25, 0.3) is 0 Å². The SMILES string of the molecule is C[C@@H]1C[C@H](c2cccnc2)N(C)C1. The van der Waals surface area contributed by atoms with E-state index in [0.717, 1.165) is 5.92 Å². The van der Waals surface area contributed by atoms with Gasteiger partial charge in [-0.1, -0.05) is 13.0 Å². The zero-order valence-electron chi connectivity index (χ0n) is 8.27. The highest BCUT2D eigenvalue weighted by molar-refractivity contribution is 5.15. The van der Waals surface area contributed by atoms with Crippen molar-refractivity contribution in [3.05, 3.63) is 30.1 Å². The summed E-state index contributed by atoms with van der Waals surface area (Å²) in [6.07, 6.45) is 5.09. The molecule has 2 atom stereocenters. The molecule has 1 fully saturated rings. The molecule has 2 nitrogen and oxygen atoms in total. The van der Waals surface area contributed by atoms with Crippen LogP contribution in [0, 0.1) is 5.92 Å². The van der Waals surface area contributed by atoms with Crippen LogP contribution in [0.1, 0.15) is 24.9 Å². The summed E-state index contributed by atoms with van der Waals surface area (Å²) in [5.74, 6) is 0.815. The second kappa shape index (κ2) is 3.46. The minimum absolute atomic E-state index is 0.587. The molecule has 0 bridgehead atoms. The van der Waals surface area contributed by atoms with Crippen molar-refractivity contribution < 1.29 is 0 Å². The van der Waals surface area contributed by atoms with E-state index in [1.165, 1.54) is 18.5 Å². The summed E-state index contributed by atoms with van der Waals surface area (Å²) in [6, 6.07) is 4.78. The maximum atomic E-state index is 4.16. The van der Waals surface area contributed by atoms with E-state index in [4.69, 9.17) is 0 Å². The van der Waals surface area contributed by atoms with Gasteiger partial charge in [0.1, 0.15) is 0 Å². The average Bonchev–Trinajstić information content (AvgIpc) is 2.47. The Hall–Kier alpha value is -0.890. The quantitative estimate of drug-likeness (QED) is 0.651. The highest BCUT2D eigenvalue weighted by atomic mass is 15.2. The van der Waals surface area contributed by atoms with Crippen LogP contribution in [0.15, 0.2) is 24.5 Å². The third kappa shape index (κ3) is 1.73. The first-order valence-electron chi connectivity index (χ1n) is 4.87. The van der Waals surface area contributed by atoms with Gasteiger partial charge in [-0.3, -0.25) is 9.88 Å². The predicted molar refractivity (Wildman–Crippen MR) is 53.4 cm³/mol. The molecule has 0 radical (unpaired) electrons. The lowest BCUT2D eigenvalue weighted by Crippen LogP contribution is -2.18. The first-order valence-corrected chi connectivity index (χ1v) is 4.87. The Morgan fingerprint density at radius 3 is 2.92 bits per heavy atom. The van der Waals surface area contributed by atoms with Crippen LogP contribution in [-0.4, -0.2) is 23.5 Å². The first kappa shape index (κ1) is 8.70. The second-order valence-corrected chi connectivity index (χ2v) is 4.08. The van der Waals surface area contributed by atoms with Gasteiger partial charge in [-0.05, 0) is 31.0 Å². The molecule has 1 aromatic heterocycles. The molecule has 0 saturated carbocycles. The Kier molecular flexibility index (Phi) is 2.32. The lowest BCUT2D eigenvalue weighted by molar-refractivity contribution is 0.314. The van der Waals surface area contributed by atoms with Crippen molar-refractivity contribution in [1.82, 2.24) is 9.88 Å². The molecular weight excluding hydrogens is 160 g/mol. The fourth-order valence-corrected chi connectivity index (χ4v) is 2.22. The minimum atomic E-state index is 0.587. The molecule has 1 aliphatic heterocycles. The fraction of sp³-hybridized carbons (Fsp3) is 0.545. The predicted octanol–water partition coefficient (Wildman–Crippen LogP) is 2.09. The maximum absolute atomic E-state index is 4.16. The number of nitrogens with zero attached hydrogens (tertiary/aromatic N) is 2. The van der Waals surface area contributed by atoms with Gasteiger partial charge in [-0.25, -0.2) is 0 Å². The van der Waals surface area contributed by atoms with Crippen molar-refractivity contribution in [2.24, 2.45) is 5.92 Å². The highest BCUT2D eigenvalue weighted by Gasteiger charge is 2.27. The summed E-state index contributed by atoms with van der Waals surface area (Å²) in [5, 5.41) is 0. The van der Waals surface area contributed by atoms with Gasteiger partial charge >= 0.3 is 0 Å². The van der Waals surface area contributed by atoms with Crippen molar-refractivity contribution >= 4 is 0 Å². The number of hydrogen-bond donors (Lipinski definition) is 0. The summed E-state index contributed by atoms with van der Waals surface area (Å²) < 4.78 is 0. The van der Waals surface area contributed by atoms with Crippen LogP contribution in [0.3, 0.4) is 0 Å². The molecule has 0 N–H and O–H groups in total. The van der Waals surface area contributed by atoms with E-state index < -0.39 is 0 Å². The zero-order chi connectivity index (χ0) is 9.26. The molecule has 0 aromatic carbocycles. The third-order valence-corrected chi connectivity index (χ3v) is 2.83. The van der Waals surface area contributed by atoms with Crippen LogP contribution in [0.2, 0.25) is 0 Å². The third-order valence-electron chi connectivity index (χ3n) is 2.83. The van der Waals surface area contributed by atoms with E-state index in [9.17, 15) is 0 Å². The van der Waals surface area contributed by atoms with E-state index in [-0.39, 0.29) is 0 Å². The van der Waals surface area contributed by atoms with Gasteiger partial charge in [0.05, 0.1) is 0 Å². The molecule has 1 aromatic rings. The molecule has 1 saturated heterocycles. The monoisotopic (exact) mass is 176 g/mol. The smallest absolute Gasteiger partial charge is 0.0363 e. The fourth-order valence-electron chi connectivity index (χ4n) is 2.22. The van der Waals surface area contributed by atoms with Gasteiger partial charge in [0, 0.05) is 25.0 Å². The van der Waals surface area contributed by atoms with Crippen LogP contribution >= 0.6 is 0 Å². The average molecular weight is 176 g/mol. The molecule has 0 spiro atoms. The van der Waals surface area contributed by atoms with E-state index in [1.54, 1.807) is 0 Å². The largest absolute Gasteiger partial charge is 0.299 e. The van der Waals surface area contributed by atoms with Crippen LogP contribution < -0.4 is 0 Å². The molecule has 1 aliphatic rings. The Labute approximate surface area is 79.6 Å². The molecule has 0 amide bonds. The zero-order valence-corrected chi connectivity index (χ0v) is 8.27. The number of pyridine rings is 1. The van der Waals surface area contributed by atoms with E-state index in [2.05, 4.69) is 29.9 Å². The standard InChI is InChI=1S/C11H16N2/c1-9-6-11(13(2)8-9)10-4-3-5-12-7-10/h3-5,7,9,11H,6,8H2,1-2H3/t9-,11-/m1/s1. The normalized spacial score (nSPS) is 29.4. The Morgan fingerprint density at radius 2 is 2.38 bits per heavy atom. The van der Waals surface area contributed by atoms with Gasteiger partial charge in [-0.15, -0.1) is 0 Å². The molecule has 13 heavy (non-hydrogen) atoms. The first-order chi connectivity index (χ1) is 6.27. The minimum Gasteiger partial charge on any atom is -0.299 e. The van der Waals surface area contributed by atoms with E-state index in [0.29, 0.717) is 6.04 Å². The van der Waals surface area contributed by atoms with Crippen molar-refractivity contribution in [2.75, 3.05) is 13.6 Å². The molecule has 2 rings (SSSR count). The summed E-state index contributed by atoms with van der Waals surface area (Å²) >= 11 is 0. The van der Waals surface area contributed by atoms with Crippen LogP contribution in [-0.2, 0) is 0 Å². The van der Waals surface area contributed by atoms with Crippen LogP contribution in [0.5, 0.6) is 0 Å². The summed E-state index contributed by atoms with van der Waals surface area (Å²) in [4.78, 5) is 6.58. The second-order valence-electron chi connectivity index (χ2n) is 4.08. The van der Waals surface area contributed by atoms with Crippen molar-refractivity contribution in [1.29, 1.82) is 0 Å². The van der Waals surface area contributed by atoms with Gasteiger partial charge in [0.2, 0.25) is 0 Å². The molecule has 70 valence electrons. The van der Waals surface area contributed by atoms with Gasteiger partial charge in [-0.2, -0.15) is 0 Å². The van der Waals surface area contributed by atoms with Crippen LogP contribution in [0.25, 0.3) is 0 Å². The number of likely N-dealkylation sites (tertiary alicyclic amines) is 1. The molecule has 0 unspecified atom stereocenters. The van der Waals surface area contributed by atoms with Gasteiger partial charge in [0.15, 0.2) is 0 Å². The molecule has 0 aliphatic carbocycles. The molecular formula is C11H16N2. The molecule has 2 heterocycles. The highest BCUT2D eigenvalue weighted by Crippen LogP contribution is 2.32.